The summed E-state index contributed by atoms with van der Waals surface area (Å²) in [6.45, 7) is 0. The number of nitrogens with two attached hydrogens (primary N) is 1. The molecule has 1 aliphatic rings. The zero-order chi connectivity index (χ0) is 15.1. The summed E-state index contributed by atoms with van der Waals surface area (Å²) < 4.78 is 8.43. The van der Waals surface area contributed by atoms with Crippen LogP contribution in [0.25, 0.3) is 0 Å². The van der Waals surface area contributed by atoms with Crippen LogP contribution in [0.1, 0.15) is 29.8 Å². The summed E-state index contributed by atoms with van der Waals surface area (Å²) in [5, 5.41) is 7.68. The Morgan fingerprint density at radius 2 is 2.09 bits per heavy atom. The molecule has 0 amide bonds. The van der Waals surface area contributed by atoms with Crippen molar-refractivity contribution in [3.8, 4) is 0 Å². The van der Waals surface area contributed by atoms with Gasteiger partial charge in [0.25, 0.3) is 0 Å². The van der Waals surface area contributed by atoms with E-state index in [1.807, 2.05) is 24.3 Å². The SMILES string of the molecule is Nc1nc2n(n1)C(c1ccco1)CC(c1ccc(Br)cc1)N2. The molecule has 0 bridgehead atoms. The van der Waals surface area contributed by atoms with Gasteiger partial charge in [0, 0.05) is 10.9 Å². The van der Waals surface area contributed by atoms with Gasteiger partial charge in [-0.1, -0.05) is 28.1 Å². The van der Waals surface area contributed by atoms with Crippen LogP contribution in [0.2, 0.25) is 0 Å². The number of rotatable bonds is 2. The number of anilines is 2. The Hall–Kier alpha value is -2.28. The predicted molar refractivity (Wildman–Crippen MR) is 86.4 cm³/mol. The molecule has 1 aliphatic heterocycles. The van der Waals surface area contributed by atoms with Crippen LogP contribution in [0.5, 0.6) is 0 Å². The molecule has 6 nitrogen and oxygen atoms in total. The number of aromatic nitrogens is 3. The number of furan rings is 1. The van der Waals surface area contributed by atoms with Crippen LogP contribution < -0.4 is 11.1 Å². The van der Waals surface area contributed by atoms with Crippen LogP contribution in [0.4, 0.5) is 11.9 Å². The molecule has 0 aliphatic carbocycles. The lowest BCUT2D eigenvalue weighted by molar-refractivity contribution is 0.359. The Bertz CT molecular complexity index is 781. The molecule has 3 heterocycles. The normalized spacial score (nSPS) is 20.4. The molecule has 0 saturated carbocycles. The first-order valence-electron chi connectivity index (χ1n) is 6.98. The van der Waals surface area contributed by atoms with Gasteiger partial charge in [0.2, 0.25) is 11.9 Å². The van der Waals surface area contributed by atoms with Gasteiger partial charge in [-0.05, 0) is 29.8 Å². The molecule has 7 heteroatoms. The summed E-state index contributed by atoms with van der Waals surface area (Å²) in [4.78, 5) is 4.27. The van der Waals surface area contributed by atoms with E-state index in [9.17, 15) is 0 Å². The molecule has 1 aromatic carbocycles. The van der Waals surface area contributed by atoms with Crippen LogP contribution in [0, 0.1) is 0 Å². The van der Waals surface area contributed by atoms with Crippen molar-refractivity contribution in [2.24, 2.45) is 0 Å². The van der Waals surface area contributed by atoms with E-state index in [1.54, 1.807) is 10.9 Å². The van der Waals surface area contributed by atoms with Gasteiger partial charge in [0.15, 0.2) is 0 Å². The average Bonchev–Trinajstić information content (AvgIpc) is 3.15. The van der Waals surface area contributed by atoms with Crippen LogP contribution in [-0.2, 0) is 0 Å². The molecule has 3 N–H and O–H groups in total. The van der Waals surface area contributed by atoms with E-state index in [-0.39, 0.29) is 18.0 Å². The maximum Gasteiger partial charge on any atom is 0.241 e. The van der Waals surface area contributed by atoms with E-state index >= 15 is 0 Å². The minimum atomic E-state index is -0.0234. The first-order chi connectivity index (χ1) is 10.7. The van der Waals surface area contributed by atoms with Crippen LogP contribution in [-0.4, -0.2) is 14.8 Å². The summed E-state index contributed by atoms with van der Waals surface area (Å²) in [5.41, 5.74) is 6.95. The number of benzene rings is 1. The van der Waals surface area contributed by atoms with Gasteiger partial charge in [-0.25, -0.2) is 4.68 Å². The maximum absolute atomic E-state index is 5.76. The van der Waals surface area contributed by atoms with E-state index in [4.69, 9.17) is 10.2 Å². The highest BCUT2D eigenvalue weighted by Crippen LogP contribution is 2.38. The van der Waals surface area contributed by atoms with Crippen LogP contribution >= 0.6 is 15.9 Å². The smallest absolute Gasteiger partial charge is 0.241 e. The van der Waals surface area contributed by atoms with Gasteiger partial charge in [0.05, 0.1) is 12.3 Å². The highest BCUT2D eigenvalue weighted by Gasteiger charge is 2.32. The van der Waals surface area contributed by atoms with Gasteiger partial charge in [0.1, 0.15) is 11.8 Å². The van der Waals surface area contributed by atoms with Gasteiger partial charge < -0.3 is 15.5 Å². The fraction of sp³-hybridized carbons (Fsp3) is 0.200. The number of halogens is 1. The van der Waals surface area contributed by atoms with Crippen molar-refractivity contribution >= 4 is 27.8 Å². The number of fused-ring (bicyclic) bond motifs is 1. The molecule has 2 unspecified atom stereocenters. The number of hydrogen-bond acceptors (Lipinski definition) is 5. The number of hydrogen-bond donors (Lipinski definition) is 2. The van der Waals surface area contributed by atoms with E-state index in [2.05, 4.69) is 43.5 Å². The number of nitrogens with zero attached hydrogens (tertiary/aromatic N) is 3. The standard InChI is InChI=1S/C15H14BrN5O/c16-10-5-3-9(4-6-10)11-8-12(13-2-1-7-22-13)21-15(18-11)19-14(17)20-21/h1-7,11-12H,8H2,(H3,17,18,19,20). The summed E-state index contributed by atoms with van der Waals surface area (Å²) in [6.07, 6.45) is 2.48. The van der Waals surface area contributed by atoms with E-state index in [0.29, 0.717) is 5.95 Å². The Labute approximate surface area is 135 Å². The Morgan fingerprint density at radius 3 is 2.82 bits per heavy atom. The van der Waals surface area contributed by atoms with Crippen molar-refractivity contribution in [3.63, 3.8) is 0 Å². The highest BCUT2D eigenvalue weighted by atomic mass is 79.9. The van der Waals surface area contributed by atoms with Crippen molar-refractivity contribution in [2.45, 2.75) is 18.5 Å². The zero-order valence-corrected chi connectivity index (χ0v) is 13.2. The summed E-state index contributed by atoms with van der Waals surface area (Å²) in [5.74, 6) is 1.78. The lowest BCUT2D eigenvalue weighted by Gasteiger charge is -2.30. The van der Waals surface area contributed by atoms with Crippen molar-refractivity contribution in [1.29, 1.82) is 0 Å². The molecule has 0 fully saturated rings. The minimum absolute atomic E-state index is 0.0234. The Morgan fingerprint density at radius 1 is 1.27 bits per heavy atom. The van der Waals surface area contributed by atoms with Crippen molar-refractivity contribution in [1.82, 2.24) is 14.8 Å². The lowest BCUT2D eigenvalue weighted by atomic mass is 9.96. The van der Waals surface area contributed by atoms with Crippen molar-refractivity contribution < 1.29 is 4.42 Å². The second-order valence-corrected chi connectivity index (χ2v) is 6.17. The van der Waals surface area contributed by atoms with Gasteiger partial charge in [-0.2, -0.15) is 4.98 Å². The third kappa shape index (κ3) is 2.27. The fourth-order valence-electron chi connectivity index (χ4n) is 2.83. The molecule has 0 spiro atoms. The van der Waals surface area contributed by atoms with Crippen LogP contribution in [0.15, 0.2) is 51.6 Å². The van der Waals surface area contributed by atoms with Gasteiger partial charge >= 0.3 is 0 Å². The molecule has 112 valence electrons. The average molecular weight is 360 g/mol. The molecule has 0 radical (unpaired) electrons. The maximum atomic E-state index is 5.76. The number of nitrogens with one attached hydrogen (secondary N) is 1. The monoisotopic (exact) mass is 359 g/mol. The summed E-state index contributed by atoms with van der Waals surface area (Å²) in [7, 11) is 0. The van der Waals surface area contributed by atoms with E-state index < -0.39 is 0 Å². The summed E-state index contributed by atoms with van der Waals surface area (Å²) >= 11 is 3.46. The third-order valence-corrected chi connectivity index (χ3v) is 4.38. The molecule has 2 aromatic heterocycles. The molecule has 22 heavy (non-hydrogen) atoms. The third-order valence-electron chi connectivity index (χ3n) is 3.85. The second kappa shape index (κ2) is 5.17. The van der Waals surface area contributed by atoms with Crippen molar-refractivity contribution in [3.05, 3.63) is 58.5 Å². The molecule has 4 rings (SSSR count). The first-order valence-corrected chi connectivity index (χ1v) is 7.77. The van der Waals surface area contributed by atoms with Crippen molar-refractivity contribution in [2.75, 3.05) is 11.1 Å². The molecule has 3 aromatic rings. The topological polar surface area (TPSA) is 81.9 Å². The van der Waals surface area contributed by atoms with Gasteiger partial charge in [-0.3, -0.25) is 0 Å². The van der Waals surface area contributed by atoms with Gasteiger partial charge in [-0.15, -0.1) is 5.10 Å². The summed E-state index contributed by atoms with van der Waals surface area (Å²) in [6, 6.07) is 12.2. The largest absolute Gasteiger partial charge is 0.467 e. The van der Waals surface area contributed by atoms with E-state index in [0.717, 1.165) is 16.7 Å². The Kier molecular flexibility index (Phi) is 3.15. The van der Waals surface area contributed by atoms with Crippen LogP contribution in [0.3, 0.4) is 0 Å². The molecule has 0 saturated heterocycles. The van der Waals surface area contributed by atoms with E-state index in [1.165, 1.54) is 5.56 Å². The quantitative estimate of drug-likeness (QED) is 0.732. The lowest BCUT2D eigenvalue weighted by Crippen LogP contribution is -2.27. The molecular weight excluding hydrogens is 346 g/mol. The number of nitrogen functional groups attached to an aromatic ring is 1. The minimum Gasteiger partial charge on any atom is -0.467 e. The molecular formula is C15H14BrN5O. The molecule has 2 atom stereocenters. The first kappa shape index (κ1) is 13.4. The highest BCUT2D eigenvalue weighted by molar-refractivity contribution is 9.10. The zero-order valence-electron chi connectivity index (χ0n) is 11.6. The predicted octanol–water partition coefficient (Wildman–Crippen LogP) is 3.36. The fourth-order valence-corrected chi connectivity index (χ4v) is 3.09. The second-order valence-electron chi connectivity index (χ2n) is 5.25. The Balaban J connectivity index is 1.74.